The number of H-pyrrole nitrogens is 2. The van der Waals surface area contributed by atoms with Gasteiger partial charge in [0.1, 0.15) is 23.7 Å². The third-order valence-corrected chi connectivity index (χ3v) is 10.9. The number of allylic oxidation sites excluding steroid dienone is 2. The molecular formula is C39H52N8O6. The van der Waals surface area contributed by atoms with E-state index in [9.17, 15) is 24.3 Å². The summed E-state index contributed by atoms with van der Waals surface area (Å²) in [6.45, 7) is 8.67. The summed E-state index contributed by atoms with van der Waals surface area (Å²) >= 11 is 0. The van der Waals surface area contributed by atoms with Gasteiger partial charge in [-0.25, -0.2) is 19.6 Å². The lowest BCUT2D eigenvalue weighted by atomic mass is 9.83. The number of aromatic amines is 2. The van der Waals surface area contributed by atoms with E-state index >= 15 is 0 Å². The van der Waals surface area contributed by atoms with Crippen molar-refractivity contribution in [2.24, 2.45) is 11.8 Å². The maximum absolute atomic E-state index is 13.5. The van der Waals surface area contributed by atoms with Gasteiger partial charge >= 0.3 is 12.2 Å². The Labute approximate surface area is 310 Å². The van der Waals surface area contributed by atoms with Gasteiger partial charge in [-0.3, -0.25) is 9.59 Å². The van der Waals surface area contributed by atoms with E-state index < -0.39 is 24.3 Å². The van der Waals surface area contributed by atoms with Crippen molar-refractivity contribution in [3.8, 4) is 11.3 Å². The zero-order valence-electron chi connectivity index (χ0n) is 31.2. The number of ether oxygens (including phenoxy) is 1. The number of carbonyl (C=O) groups is 4. The molecule has 2 unspecified atom stereocenters. The summed E-state index contributed by atoms with van der Waals surface area (Å²) in [6.07, 6.45) is 10.3. The van der Waals surface area contributed by atoms with Gasteiger partial charge in [-0.05, 0) is 73.8 Å². The minimum absolute atomic E-state index is 0.0978. The highest BCUT2D eigenvalue weighted by Crippen LogP contribution is 2.38. The number of hydrogen-bond donors (Lipinski definition) is 5. The van der Waals surface area contributed by atoms with E-state index in [1.807, 2.05) is 45.0 Å². The number of amides is 4. The Morgan fingerprint density at radius 1 is 0.811 bits per heavy atom. The van der Waals surface area contributed by atoms with Crippen molar-refractivity contribution in [2.45, 2.75) is 103 Å². The zero-order valence-corrected chi connectivity index (χ0v) is 31.2. The molecular weight excluding hydrogens is 676 g/mol. The molecule has 53 heavy (non-hydrogen) atoms. The van der Waals surface area contributed by atoms with Crippen molar-refractivity contribution in [1.29, 1.82) is 0 Å². The minimum Gasteiger partial charge on any atom is -0.465 e. The average molecular weight is 729 g/mol. The molecule has 3 aliphatic rings. The van der Waals surface area contributed by atoms with E-state index in [4.69, 9.17) is 14.7 Å². The highest BCUT2D eigenvalue weighted by Gasteiger charge is 2.39. The number of hydrogen-bond acceptors (Lipinski definition) is 7. The second-order valence-corrected chi connectivity index (χ2v) is 15.1. The first-order valence-electron chi connectivity index (χ1n) is 18.8. The van der Waals surface area contributed by atoms with Crippen LogP contribution in [0.25, 0.3) is 16.8 Å². The summed E-state index contributed by atoms with van der Waals surface area (Å²) in [6, 6.07) is 6.68. The predicted molar refractivity (Wildman–Crippen MR) is 199 cm³/mol. The van der Waals surface area contributed by atoms with Crippen LogP contribution in [0.1, 0.15) is 114 Å². The molecule has 0 spiro atoms. The number of rotatable bonds is 11. The van der Waals surface area contributed by atoms with Crippen LogP contribution >= 0.6 is 0 Å². The number of carbonyl (C=O) groups excluding carboxylic acids is 3. The molecule has 6 rings (SSSR count). The second-order valence-electron chi connectivity index (χ2n) is 15.1. The number of imidazole rings is 2. The third-order valence-electron chi connectivity index (χ3n) is 10.9. The molecule has 14 nitrogen and oxygen atoms in total. The van der Waals surface area contributed by atoms with Crippen molar-refractivity contribution >= 4 is 29.6 Å². The molecule has 4 heterocycles. The Bertz CT molecular complexity index is 1810. The van der Waals surface area contributed by atoms with Gasteiger partial charge in [0.05, 0.1) is 30.6 Å². The normalized spacial score (nSPS) is 21.4. The van der Waals surface area contributed by atoms with Crippen molar-refractivity contribution in [3.05, 3.63) is 65.6 Å². The summed E-state index contributed by atoms with van der Waals surface area (Å²) in [5.41, 5.74) is 5.16. The first-order valence-corrected chi connectivity index (χ1v) is 18.8. The summed E-state index contributed by atoms with van der Waals surface area (Å²) in [5.74, 6) is 1.25. The van der Waals surface area contributed by atoms with Crippen LogP contribution in [0.4, 0.5) is 9.59 Å². The molecule has 284 valence electrons. The number of nitrogens with one attached hydrogen (secondary N) is 4. The van der Waals surface area contributed by atoms with Gasteiger partial charge in [0, 0.05) is 31.0 Å². The molecule has 0 radical (unpaired) electrons. The molecule has 4 amide bonds. The molecule has 3 aromatic rings. The molecule has 2 fully saturated rings. The van der Waals surface area contributed by atoms with Crippen molar-refractivity contribution < 1.29 is 29.0 Å². The second kappa shape index (κ2) is 16.3. The van der Waals surface area contributed by atoms with Gasteiger partial charge in [-0.2, -0.15) is 0 Å². The van der Waals surface area contributed by atoms with E-state index in [0.29, 0.717) is 19.0 Å². The zero-order chi connectivity index (χ0) is 37.8. The van der Waals surface area contributed by atoms with Crippen LogP contribution in [0.15, 0.2) is 42.7 Å². The summed E-state index contributed by atoms with van der Waals surface area (Å²) in [4.78, 5) is 70.2. The molecule has 14 heteroatoms. The Balaban J connectivity index is 1.07. The van der Waals surface area contributed by atoms with E-state index in [1.165, 1.54) is 18.2 Å². The van der Waals surface area contributed by atoms with Gasteiger partial charge in [0.2, 0.25) is 11.8 Å². The Hall–Kier alpha value is -5.14. The molecule has 5 atom stereocenters. The number of carboxylic acid groups (broad SMARTS) is 1. The quantitative estimate of drug-likeness (QED) is 0.156. The number of aromatic nitrogens is 4. The van der Waals surface area contributed by atoms with Crippen molar-refractivity contribution in [1.82, 2.24) is 40.4 Å². The molecule has 0 bridgehead atoms. The number of methoxy groups -OCH3 is 1. The first kappa shape index (κ1) is 37.6. The predicted octanol–water partition coefficient (Wildman–Crippen LogP) is 6.15. The molecule has 1 aromatic carbocycles. The van der Waals surface area contributed by atoms with Crippen LogP contribution in [-0.2, 0) is 14.3 Å². The molecule has 2 saturated heterocycles. The van der Waals surface area contributed by atoms with Crippen LogP contribution in [0.2, 0.25) is 0 Å². The van der Waals surface area contributed by atoms with Crippen molar-refractivity contribution in [3.63, 3.8) is 0 Å². The summed E-state index contributed by atoms with van der Waals surface area (Å²) < 4.78 is 4.75. The maximum atomic E-state index is 13.5. The smallest absolute Gasteiger partial charge is 0.407 e. The van der Waals surface area contributed by atoms with Crippen LogP contribution in [0.3, 0.4) is 0 Å². The number of benzene rings is 1. The average Bonchev–Trinajstić information content (AvgIpc) is 3.98. The van der Waals surface area contributed by atoms with Gasteiger partial charge < -0.3 is 40.2 Å². The first-order chi connectivity index (χ1) is 25.4. The standard InChI is InChI=1S/C39H52N8O6/c1-22(2)32(44-38(50)51)36(48)46-18-6-8-30(46)34-40-20-28(42-34)26-14-10-24(11-15-26)25-12-16-27(17-13-25)29-21-41-35(43-29)31-9-7-19-47(31)37(49)33(23(3)4)45-39(52)53-5/h12-14,16-17,20-24,30-33,44H,6-11,15,18-19H2,1-5H3,(H,40,42)(H,41,43)(H,45,52)(H,50,51)/t24?,30-,31?,32-,33-/m0/s1. The van der Waals surface area contributed by atoms with Crippen LogP contribution < -0.4 is 10.6 Å². The van der Waals surface area contributed by atoms with Crippen molar-refractivity contribution in [2.75, 3.05) is 20.2 Å². The molecule has 1 aliphatic carbocycles. The summed E-state index contributed by atoms with van der Waals surface area (Å²) in [7, 11) is 1.29. The van der Waals surface area contributed by atoms with Gasteiger partial charge in [0.25, 0.3) is 0 Å². The highest BCUT2D eigenvalue weighted by atomic mass is 16.5. The van der Waals surface area contributed by atoms with E-state index in [-0.39, 0.29) is 35.7 Å². The number of alkyl carbamates (subject to hydrolysis) is 1. The number of nitrogens with zero attached hydrogens (tertiary/aromatic N) is 4. The van der Waals surface area contributed by atoms with Crippen LogP contribution in [0.5, 0.6) is 0 Å². The molecule has 2 aliphatic heterocycles. The monoisotopic (exact) mass is 728 g/mol. The van der Waals surface area contributed by atoms with E-state index in [0.717, 1.165) is 73.5 Å². The fourth-order valence-corrected chi connectivity index (χ4v) is 7.96. The lowest BCUT2D eigenvalue weighted by Gasteiger charge is -2.29. The molecule has 5 N–H and O–H groups in total. The largest absolute Gasteiger partial charge is 0.465 e. The topological polar surface area (TPSA) is 186 Å². The van der Waals surface area contributed by atoms with Gasteiger partial charge in [-0.15, -0.1) is 0 Å². The Morgan fingerprint density at radius 2 is 1.36 bits per heavy atom. The van der Waals surface area contributed by atoms with Crippen LogP contribution in [0, 0.1) is 11.8 Å². The SMILES string of the molecule is COC(=O)N[C@H](C(=O)N1CCCC1c1nc(-c2ccc(C3CC=C(c4c[nH]c([C@@H]5CCCN5C(=O)[C@@H](NC(=O)O)C(C)C)n4)CC3)cc2)c[nH]1)C(C)C. The van der Waals surface area contributed by atoms with Gasteiger partial charge in [-0.1, -0.05) is 58.0 Å². The minimum atomic E-state index is -1.20. The van der Waals surface area contributed by atoms with E-state index in [1.54, 1.807) is 4.90 Å². The summed E-state index contributed by atoms with van der Waals surface area (Å²) in [5, 5.41) is 14.4. The molecule has 0 saturated carbocycles. The Kier molecular flexibility index (Phi) is 11.5. The van der Waals surface area contributed by atoms with Gasteiger partial charge in [0.15, 0.2) is 0 Å². The highest BCUT2D eigenvalue weighted by molar-refractivity contribution is 5.87. The molecule has 2 aromatic heterocycles. The Morgan fingerprint density at radius 3 is 1.87 bits per heavy atom. The van der Waals surface area contributed by atoms with Crippen LogP contribution in [-0.4, -0.2) is 91.1 Å². The fourth-order valence-electron chi connectivity index (χ4n) is 7.96. The fraction of sp³-hybridized carbons (Fsp3) is 0.538. The van der Waals surface area contributed by atoms with E-state index in [2.05, 4.69) is 50.9 Å². The lowest BCUT2D eigenvalue weighted by Crippen LogP contribution is -2.51. The maximum Gasteiger partial charge on any atom is 0.407 e. The lowest BCUT2D eigenvalue weighted by molar-refractivity contribution is -0.136. The third kappa shape index (κ3) is 8.26. The number of likely N-dealkylation sites (tertiary alicyclic amines) is 2.